The molecule has 0 bridgehead atoms. The van der Waals surface area contributed by atoms with E-state index in [-0.39, 0.29) is 0 Å². The molecule has 0 aromatic heterocycles. The second-order valence-corrected chi connectivity index (χ2v) is 3.25. The first-order valence-corrected chi connectivity index (χ1v) is 4.72. The molecule has 0 fully saturated rings. The van der Waals surface area contributed by atoms with Crippen molar-refractivity contribution in [2.24, 2.45) is 11.7 Å². The molecule has 0 aromatic carbocycles. The maximum absolute atomic E-state index is 5.47. The highest BCUT2D eigenvalue weighted by Crippen LogP contribution is 1.92. The highest BCUT2D eigenvalue weighted by molar-refractivity contribution is 4.56. The summed E-state index contributed by atoms with van der Waals surface area (Å²) in [4.78, 5) is 0. The molecule has 0 rings (SSSR count). The predicted octanol–water partition coefficient (Wildman–Crippen LogP) is 1.36. The van der Waals surface area contributed by atoms with Crippen molar-refractivity contribution >= 4 is 0 Å². The zero-order valence-electron chi connectivity index (χ0n) is 7.90. The Balaban J connectivity index is 2.89. The summed E-state index contributed by atoms with van der Waals surface area (Å²) < 4.78 is 0. The van der Waals surface area contributed by atoms with E-state index in [1.54, 1.807) is 0 Å². The number of rotatable bonds is 7. The molecule has 0 spiro atoms. The molecule has 0 aromatic rings. The van der Waals surface area contributed by atoms with E-state index in [1.165, 1.54) is 19.3 Å². The van der Waals surface area contributed by atoms with Crippen LogP contribution in [0.3, 0.4) is 0 Å². The summed E-state index contributed by atoms with van der Waals surface area (Å²) in [6.07, 6.45) is 3.94. The molecule has 0 saturated heterocycles. The van der Waals surface area contributed by atoms with Crippen molar-refractivity contribution in [3.05, 3.63) is 0 Å². The lowest BCUT2D eigenvalue weighted by Gasteiger charge is -2.08. The Morgan fingerprint density at radius 2 is 2.09 bits per heavy atom. The van der Waals surface area contributed by atoms with E-state index in [0.29, 0.717) is 5.92 Å². The van der Waals surface area contributed by atoms with Crippen molar-refractivity contribution in [3.63, 3.8) is 0 Å². The van der Waals surface area contributed by atoms with Crippen LogP contribution in [-0.2, 0) is 0 Å². The molecular formula is C9H22N2. The number of nitrogens with two attached hydrogens (primary N) is 1. The van der Waals surface area contributed by atoms with E-state index < -0.39 is 0 Å². The van der Waals surface area contributed by atoms with Crippen molar-refractivity contribution < 1.29 is 0 Å². The third kappa shape index (κ3) is 7.82. The van der Waals surface area contributed by atoms with Gasteiger partial charge in [0.1, 0.15) is 0 Å². The third-order valence-corrected chi connectivity index (χ3v) is 1.85. The fourth-order valence-corrected chi connectivity index (χ4v) is 0.932. The molecule has 1 atom stereocenters. The zero-order chi connectivity index (χ0) is 8.53. The van der Waals surface area contributed by atoms with E-state index in [1.807, 2.05) is 0 Å². The minimum atomic E-state index is 0.622. The SMILES string of the molecule is CCCCCNCC(C)CN. The Morgan fingerprint density at radius 3 is 2.64 bits per heavy atom. The van der Waals surface area contributed by atoms with Crippen LogP contribution in [0, 0.1) is 5.92 Å². The van der Waals surface area contributed by atoms with Crippen LogP contribution in [0.25, 0.3) is 0 Å². The molecule has 0 aliphatic heterocycles. The molecule has 0 aliphatic rings. The summed E-state index contributed by atoms with van der Waals surface area (Å²) in [6, 6.07) is 0. The van der Waals surface area contributed by atoms with Gasteiger partial charge in [0.25, 0.3) is 0 Å². The Morgan fingerprint density at radius 1 is 1.36 bits per heavy atom. The quantitative estimate of drug-likeness (QED) is 0.549. The topological polar surface area (TPSA) is 38.0 Å². The van der Waals surface area contributed by atoms with Crippen LogP contribution in [0.1, 0.15) is 33.1 Å². The standard InChI is InChI=1S/C9H22N2/c1-3-4-5-6-11-8-9(2)7-10/h9,11H,3-8,10H2,1-2H3. The Bertz CT molecular complexity index is 74.0. The normalized spacial score (nSPS) is 13.4. The number of hydrogen-bond acceptors (Lipinski definition) is 2. The van der Waals surface area contributed by atoms with Crippen molar-refractivity contribution in [3.8, 4) is 0 Å². The fraction of sp³-hybridized carbons (Fsp3) is 1.00. The summed E-state index contributed by atoms with van der Waals surface area (Å²) in [7, 11) is 0. The van der Waals surface area contributed by atoms with Crippen LogP contribution in [-0.4, -0.2) is 19.6 Å². The molecule has 0 amide bonds. The summed E-state index contributed by atoms with van der Waals surface area (Å²) in [6.45, 7) is 7.41. The van der Waals surface area contributed by atoms with Crippen LogP contribution < -0.4 is 11.1 Å². The largest absolute Gasteiger partial charge is 0.330 e. The average molecular weight is 158 g/mol. The fourth-order valence-electron chi connectivity index (χ4n) is 0.932. The van der Waals surface area contributed by atoms with Gasteiger partial charge in [0, 0.05) is 0 Å². The molecule has 0 heterocycles. The van der Waals surface area contributed by atoms with Gasteiger partial charge in [-0.15, -0.1) is 0 Å². The van der Waals surface area contributed by atoms with E-state index in [2.05, 4.69) is 19.2 Å². The smallest absolute Gasteiger partial charge is 0.00111 e. The van der Waals surface area contributed by atoms with Gasteiger partial charge in [0.05, 0.1) is 0 Å². The third-order valence-electron chi connectivity index (χ3n) is 1.85. The molecule has 0 aliphatic carbocycles. The molecule has 11 heavy (non-hydrogen) atoms. The predicted molar refractivity (Wildman–Crippen MR) is 50.6 cm³/mol. The van der Waals surface area contributed by atoms with Gasteiger partial charge in [0.15, 0.2) is 0 Å². The molecule has 1 unspecified atom stereocenters. The molecule has 2 heteroatoms. The summed E-state index contributed by atoms with van der Waals surface area (Å²) in [5.41, 5.74) is 5.47. The van der Waals surface area contributed by atoms with Crippen molar-refractivity contribution in [1.29, 1.82) is 0 Å². The molecule has 0 radical (unpaired) electrons. The monoisotopic (exact) mass is 158 g/mol. The number of nitrogens with one attached hydrogen (secondary N) is 1. The van der Waals surface area contributed by atoms with E-state index in [4.69, 9.17) is 5.73 Å². The first-order valence-electron chi connectivity index (χ1n) is 4.72. The summed E-state index contributed by atoms with van der Waals surface area (Å²) >= 11 is 0. The highest BCUT2D eigenvalue weighted by Gasteiger charge is 1.95. The Labute approximate surface area is 70.5 Å². The maximum Gasteiger partial charge on any atom is -0.00111 e. The van der Waals surface area contributed by atoms with Gasteiger partial charge >= 0.3 is 0 Å². The van der Waals surface area contributed by atoms with Crippen molar-refractivity contribution in [2.75, 3.05) is 19.6 Å². The van der Waals surface area contributed by atoms with Gasteiger partial charge in [-0.25, -0.2) is 0 Å². The lowest BCUT2D eigenvalue weighted by molar-refractivity contribution is 0.510. The minimum absolute atomic E-state index is 0.622. The van der Waals surface area contributed by atoms with Crippen LogP contribution in [0.5, 0.6) is 0 Å². The summed E-state index contributed by atoms with van der Waals surface area (Å²) in [5, 5.41) is 3.39. The second-order valence-electron chi connectivity index (χ2n) is 3.25. The molecule has 0 saturated carbocycles. The molecule has 2 nitrogen and oxygen atoms in total. The molecule has 3 N–H and O–H groups in total. The maximum atomic E-state index is 5.47. The van der Waals surface area contributed by atoms with E-state index in [0.717, 1.165) is 19.6 Å². The number of unbranched alkanes of at least 4 members (excludes halogenated alkanes) is 2. The lowest BCUT2D eigenvalue weighted by Crippen LogP contribution is -2.26. The lowest BCUT2D eigenvalue weighted by atomic mass is 10.2. The highest BCUT2D eigenvalue weighted by atomic mass is 14.9. The van der Waals surface area contributed by atoms with Gasteiger partial charge in [0.2, 0.25) is 0 Å². The van der Waals surface area contributed by atoms with Crippen molar-refractivity contribution in [1.82, 2.24) is 5.32 Å². The summed E-state index contributed by atoms with van der Waals surface area (Å²) in [5.74, 6) is 0.622. The van der Waals surface area contributed by atoms with Gasteiger partial charge < -0.3 is 11.1 Å². The van der Waals surface area contributed by atoms with Crippen LogP contribution >= 0.6 is 0 Å². The average Bonchev–Trinajstić information content (AvgIpc) is 2.04. The minimum Gasteiger partial charge on any atom is -0.330 e. The molecule has 68 valence electrons. The second kappa shape index (κ2) is 8.02. The van der Waals surface area contributed by atoms with Gasteiger partial charge in [-0.2, -0.15) is 0 Å². The van der Waals surface area contributed by atoms with Crippen LogP contribution in [0.4, 0.5) is 0 Å². The van der Waals surface area contributed by atoms with Crippen LogP contribution in [0.2, 0.25) is 0 Å². The first kappa shape index (κ1) is 10.9. The van der Waals surface area contributed by atoms with Gasteiger partial charge in [-0.05, 0) is 32.0 Å². The van der Waals surface area contributed by atoms with Crippen molar-refractivity contribution in [2.45, 2.75) is 33.1 Å². The number of hydrogen-bond donors (Lipinski definition) is 2. The van der Waals surface area contributed by atoms with Gasteiger partial charge in [-0.3, -0.25) is 0 Å². The van der Waals surface area contributed by atoms with E-state index >= 15 is 0 Å². The van der Waals surface area contributed by atoms with Crippen LogP contribution in [0.15, 0.2) is 0 Å². The van der Waals surface area contributed by atoms with E-state index in [9.17, 15) is 0 Å². The van der Waals surface area contributed by atoms with Gasteiger partial charge in [-0.1, -0.05) is 26.7 Å². The zero-order valence-corrected chi connectivity index (χ0v) is 7.90. The Hall–Kier alpha value is -0.0800. The Kier molecular flexibility index (Phi) is 7.96. The molecular weight excluding hydrogens is 136 g/mol. The first-order chi connectivity index (χ1) is 5.31.